The van der Waals surface area contributed by atoms with Crippen LogP contribution in [0.1, 0.15) is 65.7 Å². The van der Waals surface area contributed by atoms with Gasteiger partial charge in [0.2, 0.25) is 6.10 Å². The lowest BCUT2D eigenvalue weighted by Crippen LogP contribution is -2.43. The van der Waals surface area contributed by atoms with Crippen LogP contribution >= 0.6 is 0 Å². The first-order valence-electron chi connectivity index (χ1n) is 8.64. The Balaban J connectivity index is 0. The maximum absolute atomic E-state index is 11.4. The molecule has 10 nitrogen and oxygen atoms in total. The Morgan fingerprint density at radius 3 is 1.93 bits per heavy atom. The fourth-order valence-electron chi connectivity index (χ4n) is 1.65. The van der Waals surface area contributed by atoms with E-state index in [-0.39, 0.29) is 19.3 Å². The van der Waals surface area contributed by atoms with E-state index in [1.807, 2.05) is 12.1 Å². The molecule has 28 heavy (non-hydrogen) atoms. The van der Waals surface area contributed by atoms with Gasteiger partial charge in [0.25, 0.3) is 5.79 Å². The summed E-state index contributed by atoms with van der Waals surface area (Å²) >= 11 is 0. The zero-order valence-electron chi connectivity index (χ0n) is 16.3. The molecule has 0 aliphatic rings. The van der Waals surface area contributed by atoms with Gasteiger partial charge >= 0.3 is 11.9 Å². The molecule has 10 heteroatoms. The van der Waals surface area contributed by atoms with Crippen molar-refractivity contribution in [1.29, 1.82) is 10.5 Å². The van der Waals surface area contributed by atoms with E-state index in [0.29, 0.717) is 25.7 Å². The summed E-state index contributed by atoms with van der Waals surface area (Å²) in [5.74, 6) is -5.80. The summed E-state index contributed by atoms with van der Waals surface area (Å²) in [5, 5.41) is 52.1. The SMILES string of the molecule is CC(C)(C)OC(=O)C(O)(O)CCCCC#N.N#CCCCC(=O)C(O)C(=O)O. The number of ether oxygens (including phenoxy) is 1. The number of carboxylic acids is 1. The number of carboxylic acid groups (broad SMARTS) is 1. The van der Waals surface area contributed by atoms with Crippen LogP contribution in [0.25, 0.3) is 0 Å². The van der Waals surface area contributed by atoms with Gasteiger partial charge in [-0.15, -0.1) is 0 Å². The third-order valence-corrected chi connectivity index (χ3v) is 3.04. The maximum atomic E-state index is 11.4. The lowest BCUT2D eigenvalue weighted by Gasteiger charge is -2.26. The molecule has 0 fully saturated rings. The highest BCUT2D eigenvalue weighted by Gasteiger charge is 2.36. The maximum Gasteiger partial charge on any atom is 0.366 e. The number of carbonyl (C=O) groups is 3. The summed E-state index contributed by atoms with van der Waals surface area (Å²) in [4.78, 5) is 32.1. The standard InChI is InChI=1S/C11H19NO4.C7H9NO4/c1-10(2,3)16-9(13)11(14,15)7-5-4-6-8-12;8-4-2-1-3-5(9)6(10)7(11)12/h14-15H,4-7H2,1-3H3;6,10H,1-3H2,(H,11,12). The molecule has 0 bridgehead atoms. The smallest absolute Gasteiger partial charge is 0.366 e. The topological polar surface area (TPSA) is 189 Å². The van der Waals surface area contributed by atoms with Crippen molar-refractivity contribution in [2.24, 2.45) is 0 Å². The Bertz CT molecular complexity index is 596. The van der Waals surface area contributed by atoms with E-state index in [0.717, 1.165) is 0 Å². The molecule has 0 heterocycles. The summed E-state index contributed by atoms with van der Waals surface area (Å²) < 4.78 is 4.86. The van der Waals surface area contributed by atoms with Crippen LogP contribution in [0, 0.1) is 22.7 Å². The minimum atomic E-state index is -2.46. The zero-order chi connectivity index (χ0) is 22.4. The normalized spacial score (nSPS) is 11.9. The van der Waals surface area contributed by atoms with Crippen molar-refractivity contribution >= 4 is 17.7 Å². The van der Waals surface area contributed by atoms with Gasteiger partial charge in [-0.25, -0.2) is 9.59 Å². The molecular formula is C18H28N2O8. The van der Waals surface area contributed by atoms with E-state index < -0.39 is 35.2 Å². The van der Waals surface area contributed by atoms with E-state index in [4.69, 9.17) is 25.5 Å². The van der Waals surface area contributed by atoms with Crippen molar-refractivity contribution in [3.8, 4) is 12.1 Å². The van der Waals surface area contributed by atoms with Crippen LogP contribution in [-0.2, 0) is 19.1 Å². The second-order valence-corrected chi connectivity index (χ2v) is 6.90. The second-order valence-electron chi connectivity index (χ2n) is 6.90. The Kier molecular flexibility index (Phi) is 13.5. The summed E-state index contributed by atoms with van der Waals surface area (Å²) in [5.41, 5.74) is -0.750. The van der Waals surface area contributed by atoms with Crippen molar-refractivity contribution in [3.63, 3.8) is 0 Å². The molecule has 0 saturated heterocycles. The number of Topliss-reactive ketones (excluding diaryl/α,β-unsaturated/α-hetero) is 1. The number of nitrogens with zero attached hydrogens (tertiary/aromatic N) is 2. The van der Waals surface area contributed by atoms with Gasteiger partial charge in [0.1, 0.15) is 5.60 Å². The minimum absolute atomic E-state index is 0.0684. The number of unbranched alkanes of at least 4 members (excludes halogenated alkanes) is 3. The first kappa shape index (κ1) is 27.7. The van der Waals surface area contributed by atoms with Gasteiger partial charge in [0.05, 0.1) is 12.1 Å². The number of hydrogen-bond donors (Lipinski definition) is 4. The summed E-state index contributed by atoms with van der Waals surface area (Å²) in [6.07, 6.45) is -0.391. The quantitative estimate of drug-likeness (QED) is 0.176. The monoisotopic (exact) mass is 400 g/mol. The number of nitriles is 2. The molecule has 0 amide bonds. The highest BCUT2D eigenvalue weighted by molar-refractivity contribution is 6.00. The predicted molar refractivity (Wildman–Crippen MR) is 95.2 cm³/mol. The van der Waals surface area contributed by atoms with Gasteiger partial charge in [-0.3, -0.25) is 4.79 Å². The van der Waals surface area contributed by atoms with E-state index in [1.54, 1.807) is 20.8 Å². The number of esters is 1. The Morgan fingerprint density at radius 2 is 1.50 bits per heavy atom. The van der Waals surface area contributed by atoms with Gasteiger partial charge in [0.15, 0.2) is 5.78 Å². The molecule has 0 aliphatic carbocycles. The molecule has 4 N–H and O–H groups in total. The van der Waals surface area contributed by atoms with Crippen LogP contribution < -0.4 is 0 Å². The molecule has 0 radical (unpaired) electrons. The number of aliphatic hydroxyl groups is 3. The molecule has 0 aromatic carbocycles. The summed E-state index contributed by atoms with van der Waals surface area (Å²) in [7, 11) is 0. The number of ketones is 1. The van der Waals surface area contributed by atoms with Crippen molar-refractivity contribution in [3.05, 3.63) is 0 Å². The van der Waals surface area contributed by atoms with Crippen molar-refractivity contribution in [1.82, 2.24) is 0 Å². The van der Waals surface area contributed by atoms with Crippen LogP contribution in [0.2, 0.25) is 0 Å². The van der Waals surface area contributed by atoms with Crippen LogP contribution in [0.15, 0.2) is 0 Å². The molecule has 1 atom stereocenters. The average Bonchev–Trinajstić information content (AvgIpc) is 2.57. The van der Waals surface area contributed by atoms with Crippen LogP contribution in [0.5, 0.6) is 0 Å². The zero-order valence-corrected chi connectivity index (χ0v) is 16.3. The van der Waals surface area contributed by atoms with Gasteiger partial charge in [0, 0.05) is 25.7 Å². The van der Waals surface area contributed by atoms with Crippen LogP contribution in [-0.4, -0.2) is 55.6 Å². The molecule has 0 aromatic rings. The number of carbonyl (C=O) groups excluding carboxylic acids is 2. The first-order chi connectivity index (χ1) is 12.8. The fraction of sp³-hybridized carbons (Fsp3) is 0.722. The molecule has 1 unspecified atom stereocenters. The molecule has 0 spiro atoms. The van der Waals surface area contributed by atoms with Crippen molar-refractivity contribution in [2.75, 3.05) is 0 Å². The van der Waals surface area contributed by atoms with E-state index >= 15 is 0 Å². The Hall–Kier alpha value is -2.53. The molecule has 0 aromatic heterocycles. The molecule has 158 valence electrons. The van der Waals surface area contributed by atoms with Crippen LogP contribution in [0.4, 0.5) is 0 Å². The number of aliphatic carboxylic acids is 1. The van der Waals surface area contributed by atoms with Crippen molar-refractivity contribution in [2.45, 2.75) is 83.2 Å². The number of rotatable bonds is 10. The van der Waals surface area contributed by atoms with Gasteiger partial charge in [-0.2, -0.15) is 10.5 Å². The molecule has 0 aliphatic heterocycles. The van der Waals surface area contributed by atoms with E-state index in [2.05, 4.69) is 0 Å². The lowest BCUT2D eigenvalue weighted by atomic mass is 10.1. The first-order valence-corrected chi connectivity index (χ1v) is 8.64. The Morgan fingerprint density at radius 1 is 1.00 bits per heavy atom. The summed E-state index contributed by atoms with van der Waals surface area (Å²) in [6, 6.07) is 3.75. The predicted octanol–water partition coefficient (Wildman–Crippen LogP) is 0.788. The molecular weight excluding hydrogens is 372 g/mol. The highest BCUT2D eigenvalue weighted by atomic mass is 16.6. The third-order valence-electron chi connectivity index (χ3n) is 3.04. The largest absolute Gasteiger partial charge is 0.479 e. The van der Waals surface area contributed by atoms with E-state index in [1.165, 1.54) is 0 Å². The molecule has 0 saturated carbocycles. The van der Waals surface area contributed by atoms with Gasteiger partial charge in [-0.1, -0.05) is 0 Å². The number of hydrogen-bond acceptors (Lipinski definition) is 9. The highest BCUT2D eigenvalue weighted by Crippen LogP contribution is 2.18. The number of aliphatic hydroxyl groups excluding tert-OH is 1. The minimum Gasteiger partial charge on any atom is -0.479 e. The van der Waals surface area contributed by atoms with Crippen LogP contribution in [0.3, 0.4) is 0 Å². The van der Waals surface area contributed by atoms with E-state index in [9.17, 15) is 24.6 Å². The summed E-state index contributed by atoms with van der Waals surface area (Å²) in [6.45, 7) is 4.95. The average molecular weight is 400 g/mol. The Labute approximate surface area is 164 Å². The van der Waals surface area contributed by atoms with Crippen molar-refractivity contribution < 1.29 is 39.5 Å². The van der Waals surface area contributed by atoms with Gasteiger partial charge < -0.3 is 25.2 Å². The molecule has 0 rings (SSSR count). The van der Waals surface area contributed by atoms with Gasteiger partial charge in [-0.05, 0) is 40.0 Å². The lowest BCUT2D eigenvalue weighted by molar-refractivity contribution is -0.221. The third kappa shape index (κ3) is 14.6. The second kappa shape index (κ2) is 13.6. The fourth-order valence-corrected chi connectivity index (χ4v) is 1.65.